The summed E-state index contributed by atoms with van der Waals surface area (Å²) in [6.07, 6.45) is 0. The van der Waals surface area contributed by atoms with E-state index in [2.05, 4.69) is 10.6 Å². The van der Waals surface area contributed by atoms with Crippen LogP contribution in [0.2, 0.25) is 0 Å². The lowest BCUT2D eigenvalue weighted by Gasteiger charge is -2.12. The van der Waals surface area contributed by atoms with Crippen LogP contribution in [0.25, 0.3) is 0 Å². The lowest BCUT2D eigenvalue weighted by atomic mass is 10.4. The van der Waals surface area contributed by atoms with Crippen molar-refractivity contribution in [3.8, 4) is 0 Å². The number of nitrogens with one attached hydrogen (secondary N) is 2. The van der Waals surface area contributed by atoms with Gasteiger partial charge in [0.2, 0.25) is 10.3 Å². The molecule has 2 N–H and O–H groups in total. The van der Waals surface area contributed by atoms with Crippen LogP contribution in [0.3, 0.4) is 0 Å². The molecule has 1 heterocycles. The Hall–Kier alpha value is -0.390. The molecule has 60 valence electrons. The maximum absolute atomic E-state index is 10.2. The van der Waals surface area contributed by atoms with Gasteiger partial charge in [-0.2, -0.15) is 8.42 Å². The third kappa shape index (κ3) is 2.47. The number of piperazine rings is 1. The van der Waals surface area contributed by atoms with Crippen LogP contribution in [0.4, 0.5) is 0 Å². The molecule has 0 aromatic heterocycles. The molecule has 0 amide bonds. The Morgan fingerprint density at radius 2 is 2.00 bits per heavy atom. The molecule has 5 heteroatoms. The first-order chi connectivity index (χ1) is 4.30. The highest BCUT2D eigenvalue weighted by Gasteiger charge is 2.04. The van der Waals surface area contributed by atoms with Crippen molar-refractivity contribution < 1.29 is 8.42 Å². The molecule has 4 nitrogen and oxygen atoms in total. The van der Waals surface area contributed by atoms with Gasteiger partial charge in [-0.15, -0.1) is 0 Å². The lowest BCUT2D eigenvalue weighted by molar-refractivity contribution is 0.622. The van der Waals surface area contributed by atoms with E-state index in [4.69, 9.17) is 0 Å². The highest BCUT2D eigenvalue weighted by Crippen LogP contribution is 1.72. The van der Waals surface area contributed by atoms with Gasteiger partial charge >= 0.3 is 0 Å². The van der Waals surface area contributed by atoms with Gasteiger partial charge < -0.3 is 5.32 Å². The Bertz CT molecular complexity index is 204. The maximum atomic E-state index is 10.2. The van der Waals surface area contributed by atoms with E-state index < -0.39 is 10.3 Å². The predicted octanol–water partition coefficient (Wildman–Crippen LogP) is -1.18. The van der Waals surface area contributed by atoms with Crippen molar-refractivity contribution in [3.63, 3.8) is 0 Å². The first-order valence-corrected chi connectivity index (χ1v) is 3.78. The second-order valence-electron chi connectivity index (χ2n) is 1.76. The summed E-state index contributed by atoms with van der Waals surface area (Å²) in [4.78, 5) is 0.362. The second kappa shape index (κ2) is 4.43. The van der Waals surface area contributed by atoms with Gasteiger partial charge in [0.15, 0.2) is 0 Å². The first-order valence-electron chi connectivity index (χ1n) is 2.70. The zero-order valence-electron chi connectivity index (χ0n) is 4.85. The molecule has 1 saturated heterocycles. The van der Waals surface area contributed by atoms with Crippen molar-refractivity contribution in [2.24, 2.45) is 0 Å². The molecule has 0 radical (unpaired) electrons. The minimum atomic E-state index is -2.06. The summed E-state index contributed by atoms with van der Waals surface area (Å²) in [6, 6.07) is 0. The largest absolute Gasteiger partial charge is 0.309 e. The van der Waals surface area contributed by atoms with Gasteiger partial charge in [0.25, 0.3) is 0 Å². The number of hydrogen-bond acceptors (Lipinski definition) is 3. The Morgan fingerprint density at radius 3 is 2.30 bits per heavy atom. The highest BCUT2D eigenvalue weighted by atomic mass is 32.2. The second-order valence-corrected chi connectivity index (χ2v) is 2.72. The van der Waals surface area contributed by atoms with E-state index in [-0.39, 0.29) is 7.43 Å². The topological polar surface area (TPSA) is 58.2 Å². The lowest BCUT2D eigenvalue weighted by Crippen LogP contribution is -2.45. The molecule has 1 rings (SSSR count). The zero-order chi connectivity index (χ0) is 6.69. The van der Waals surface area contributed by atoms with Gasteiger partial charge in [-0.25, -0.2) is 0 Å². The summed E-state index contributed by atoms with van der Waals surface area (Å²) in [5.41, 5.74) is 0. The molecule has 0 saturated carbocycles. The van der Waals surface area contributed by atoms with Gasteiger partial charge in [0.1, 0.15) is 4.99 Å². The van der Waals surface area contributed by atoms with Crippen LogP contribution >= 0.6 is 0 Å². The van der Waals surface area contributed by atoms with E-state index >= 15 is 0 Å². The van der Waals surface area contributed by atoms with Crippen molar-refractivity contribution in [1.29, 1.82) is 0 Å². The Labute approximate surface area is 62.2 Å². The van der Waals surface area contributed by atoms with Crippen molar-refractivity contribution >= 4 is 15.3 Å². The third-order valence-corrected chi connectivity index (χ3v) is 1.80. The van der Waals surface area contributed by atoms with Crippen LogP contribution in [0.15, 0.2) is 0 Å². The van der Waals surface area contributed by atoms with E-state index in [0.717, 1.165) is 6.54 Å². The Kier molecular flexibility index (Phi) is 4.26. The van der Waals surface area contributed by atoms with Crippen molar-refractivity contribution in [2.45, 2.75) is 7.43 Å². The summed E-state index contributed by atoms with van der Waals surface area (Å²) in [5, 5.41) is 5.68. The molecule has 0 atom stereocenters. The molecule has 0 aromatic rings. The Morgan fingerprint density at radius 1 is 1.30 bits per heavy atom. The smallest absolute Gasteiger partial charge is 0.229 e. The summed E-state index contributed by atoms with van der Waals surface area (Å²) < 4.78 is 20.4. The van der Waals surface area contributed by atoms with Crippen molar-refractivity contribution in [2.75, 3.05) is 19.6 Å². The molecule has 1 aliphatic heterocycles. The van der Waals surface area contributed by atoms with E-state index in [0.29, 0.717) is 18.1 Å². The average Bonchev–Trinajstić information content (AvgIpc) is 1.90. The van der Waals surface area contributed by atoms with Crippen LogP contribution in [-0.2, 0) is 10.3 Å². The minimum Gasteiger partial charge on any atom is -0.309 e. The van der Waals surface area contributed by atoms with Gasteiger partial charge in [-0.3, -0.25) is 5.32 Å². The normalized spacial score (nSPS) is 17.8. The van der Waals surface area contributed by atoms with Gasteiger partial charge in [-0.05, 0) is 0 Å². The van der Waals surface area contributed by atoms with Crippen LogP contribution in [-0.4, -0.2) is 33.0 Å². The third-order valence-electron chi connectivity index (χ3n) is 1.11. The van der Waals surface area contributed by atoms with Gasteiger partial charge in [0.05, 0.1) is 0 Å². The molecular formula is C5H12N2O2S. The van der Waals surface area contributed by atoms with Crippen LogP contribution < -0.4 is 10.6 Å². The molecule has 1 fully saturated rings. The predicted molar refractivity (Wildman–Crippen MR) is 41.5 cm³/mol. The molecule has 0 aromatic carbocycles. The zero-order valence-corrected chi connectivity index (χ0v) is 5.66. The number of rotatable bonds is 0. The van der Waals surface area contributed by atoms with Crippen LogP contribution in [0.5, 0.6) is 0 Å². The van der Waals surface area contributed by atoms with Gasteiger partial charge in [0, 0.05) is 19.6 Å². The molecule has 0 unspecified atom stereocenters. The Balaban J connectivity index is 0.000000810. The standard InChI is InChI=1S/C4H8N2O2S.CH4/c7-9(8)4-3-5-1-2-6-4;/h5-6H,1-3H2;1H4. The average molecular weight is 164 g/mol. The summed E-state index contributed by atoms with van der Waals surface area (Å²) in [7, 11) is -2.06. The molecule has 0 aliphatic carbocycles. The molecule has 0 bridgehead atoms. The first kappa shape index (κ1) is 9.61. The summed E-state index contributed by atoms with van der Waals surface area (Å²) >= 11 is 0. The number of hydrogen-bond donors (Lipinski definition) is 2. The van der Waals surface area contributed by atoms with E-state index in [1.807, 2.05) is 0 Å². The summed E-state index contributed by atoms with van der Waals surface area (Å²) in [6.45, 7) is 1.97. The van der Waals surface area contributed by atoms with E-state index in [1.165, 1.54) is 0 Å². The SMILES string of the molecule is C.O=S(=O)=C1CNCCN1. The summed E-state index contributed by atoms with van der Waals surface area (Å²) in [5.74, 6) is 0. The van der Waals surface area contributed by atoms with Gasteiger partial charge in [-0.1, -0.05) is 7.43 Å². The minimum absolute atomic E-state index is 0. The fourth-order valence-corrected chi connectivity index (χ4v) is 1.11. The molecule has 10 heavy (non-hydrogen) atoms. The highest BCUT2D eigenvalue weighted by molar-refractivity contribution is 7.72. The van der Waals surface area contributed by atoms with Crippen LogP contribution in [0, 0.1) is 0 Å². The van der Waals surface area contributed by atoms with Crippen molar-refractivity contribution in [1.82, 2.24) is 10.6 Å². The quantitative estimate of drug-likeness (QED) is 0.443. The molecule has 0 spiro atoms. The fraction of sp³-hybridized carbons (Fsp3) is 0.800. The van der Waals surface area contributed by atoms with E-state index in [1.54, 1.807) is 0 Å². The molecular weight excluding hydrogens is 152 g/mol. The van der Waals surface area contributed by atoms with Crippen molar-refractivity contribution in [3.05, 3.63) is 0 Å². The van der Waals surface area contributed by atoms with Crippen LogP contribution in [0.1, 0.15) is 7.43 Å². The monoisotopic (exact) mass is 164 g/mol. The fourth-order valence-electron chi connectivity index (χ4n) is 0.673. The van der Waals surface area contributed by atoms with E-state index in [9.17, 15) is 8.42 Å². The maximum Gasteiger partial charge on any atom is 0.229 e. The molecule has 1 aliphatic rings.